The largest absolute Gasteiger partial charge is 0.384 e. The van der Waals surface area contributed by atoms with Gasteiger partial charge in [0.25, 0.3) is 0 Å². The molecule has 18 heavy (non-hydrogen) atoms. The van der Waals surface area contributed by atoms with Crippen LogP contribution in [0.5, 0.6) is 0 Å². The number of aromatic nitrogens is 2. The van der Waals surface area contributed by atoms with Crippen molar-refractivity contribution in [2.24, 2.45) is 5.73 Å². The van der Waals surface area contributed by atoms with Gasteiger partial charge < -0.3 is 5.73 Å². The Morgan fingerprint density at radius 3 is 3.00 bits per heavy atom. The number of aryl methyl sites for hydroxylation is 1. The Morgan fingerprint density at radius 1 is 1.50 bits per heavy atom. The molecule has 0 spiro atoms. The molecule has 2 aromatic rings. The number of nitrogens with two attached hydrogens (primary N) is 1. The summed E-state index contributed by atoms with van der Waals surface area (Å²) in [5.41, 5.74) is 7.37. The number of rotatable bonds is 5. The summed E-state index contributed by atoms with van der Waals surface area (Å²) in [5.74, 6) is 1.82. The van der Waals surface area contributed by atoms with Gasteiger partial charge in [-0.1, -0.05) is 36.9 Å². The van der Waals surface area contributed by atoms with Gasteiger partial charge in [0.15, 0.2) is 4.34 Å². The molecule has 94 valence electrons. The lowest BCUT2D eigenvalue weighted by Gasteiger charge is -2.02. The predicted molar refractivity (Wildman–Crippen MR) is 76.3 cm³/mol. The molecule has 0 aliphatic carbocycles. The van der Waals surface area contributed by atoms with E-state index in [1.807, 2.05) is 31.2 Å². The van der Waals surface area contributed by atoms with Crippen molar-refractivity contribution in [2.75, 3.05) is 0 Å². The van der Waals surface area contributed by atoms with Crippen molar-refractivity contribution in [3.63, 3.8) is 0 Å². The fourth-order valence-corrected chi connectivity index (χ4v) is 3.05. The normalized spacial score (nSPS) is 10.5. The quantitative estimate of drug-likeness (QED) is 0.501. The molecule has 3 N–H and O–H groups in total. The number of thioether (sulfide) groups is 1. The minimum Gasteiger partial charge on any atom is -0.384 e. The number of amidine groups is 1. The lowest BCUT2D eigenvalue weighted by atomic mass is 10.1. The third-order valence-electron chi connectivity index (χ3n) is 2.37. The Kier molecular flexibility index (Phi) is 4.33. The smallest absolute Gasteiger partial charge is 0.170 e. The predicted octanol–water partition coefficient (Wildman–Crippen LogP) is 2.68. The summed E-state index contributed by atoms with van der Waals surface area (Å²) in [7, 11) is 0. The van der Waals surface area contributed by atoms with E-state index >= 15 is 0 Å². The molecule has 1 aromatic carbocycles. The Hall–Kier alpha value is -1.40. The summed E-state index contributed by atoms with van der Waals surface area (Å²) in [6.45, 7) is 2.05. The summed E-state index contributed by atoms with van der Waals surface area (Å²) < 4.78 is 5.23. The Morgan fingerprint density at radius 2 is 2.33 bits per heavy atom. The van der Waals surface area contributed by atoms with Crippen molar-refractivity contribution < 1.29 is 0 Å². The van der Waals surface area contributed by atoms with Crippen LogP contribution in [0.25, 0.3) is 0 Å². The van der Waals surface area contributed by atoms with Gasteiger partial charge in [0.1, 0.15) is 11.7 Å². The van der Waals surface area contributed by atoms with Gasteiger partial charge in [-0.15, -0.1) is 0 Å². The molecule has 1 aromatic heterocycles. The Bertz CT molecular complexity index is 551. The van der Waals surface area contributed by atoms with Crippen LogP contribution in [0.1, 0.15) is 23.9 Å². The molecule has 4 nitrogen and oxygen atoms in total. The van der Waals surface area contributed by atoms with Crippen LogP contribution in [0.15, 0.2) is 28.6 Å². The topological polar surface area (TPSA) is 75.7 Å². The van der Waals surface area contributed by atoms with Crippen molar-refractivity contribution in [1.29, 1.82) is 5.41 Å². The van der Waals surface area contributed by atoms with Crippen LogP contribution in [0.2, 0.25) is 0 Å². The highest BCUT2D eigenvalue weighted by molar-refractivity contribution is 8.00. The van der Waals surface area contributed by atoms with Crippen LogP contribution in [0.3, 0.4) is 0 Å². The Labute approximate surface area is 114 Å². The van der Waals surface area contributed by atoms with Crippen LogP contribution in [-0.4, -0.2) is 15.2 Å². The van der Waals surface area contributed by atoms with Crippen LogP contribution in [0.4, 0.5) is 0 Å². The first kappa shape index (κ1) is 13.0. The molecule has 1 heterocycles. The first-order valence-corrected chi connectivity index (χ1v) is 7.33. The number of hydrogen-bond donors (Lipinski definition) is 2. The molecule has 0 atom stereocenters. The van der Waals surface area contributed by atoms with Gasteiger partial charge in [0.2, 0.25) is 0 Å². The third kappa shape index (κ3) is 3.30. The fraction of sp³-hybridized carbons (Fsp3) is 0.250. The maximum absolute atomic E-state index is 7.41. The second-order valence-corrected chi connectivity index (χ2v) is 5.71. The van der Waals surface area contributed by atoms with Gasteiger partial charge in [0.05, 0.1) is 0 Å². The number of benzene rings is 1. The van der Waals surface area contributed by atoms with Crippen LogP contribution in [0, 0.1) is 5.41 Å². The van der Waals surface area contributed by atoms with Gasteiger partial charge in [-0.05, 0) is 23.2 Å². The van der Waals surface area contributed by atoms with Gasteiger partial charge in [-0.25, -0.2) is 4.98 Å². The summed E-state index contributed by atoms with van der Waals surface area (Å²) in [4.78, 5) is 4.40. The van der Waals surface area contributed by atoms with Gasteiger partial charge in [-0.3, -0.25) is 5.41 Å². The molecule has 0 aliphatic rings. The molecule has 6 heteroatoms. The van der Waals surface area contributed by atoms with Crippen molar-refractivity contribution >= 4 is 29.1 Å². The standard InChI is InChI=1S/C12H14N4S2/c1-2-10-15-12(18-16-10)17-7-8-4-3-5-9(6-8)11(13)14/h3-6H,2,7H2,1H3,(H3,13,14). The van der Waals surface area contributed by atoms with E-state index in [9.17, 15) is 0 Å². The van der Waals surface area contributed by atoms with E-state index in [1.165, 1.54) is 11.5 Å². The van der Waals surface area contributed by atoms with E-state index in [1.54, 1.807) is 11.8 Å². The molecular formula is C12H14N4S2. The molecule has 0 unspecified atom stereocenters. The fourth-order valence-electron chi connectivity index (χ4n) is 1.41. The molecule has 0 aliphatic heterocycles. The molecule has 0 saturated carbocycles. The number of nitrogens with one attached hydrogen (secondary N) is 1. The van der Waals surface area contributed by atoms with Crippen LogP contribution < -0.4 is 5.73 Å². The molecular weight excluding hydrogens is 264 g/mol. The zero-order valence-electron chi connectivity index (χ0n) is 10.0. The number of hydrogen-bond acceptors (Lipinski definition) is 5. The average Bonchev–Trinajstić information content (AvgIpc) is 2.84. The summed E-state index contributed by atoms with van der Waals surface area (Å²) >= 11 is 3.10. The van der Waals surface area contributed by atoms with Gasteiger partial charge in [-0.2, -0.15) is 4.37 Å². The highest BCUT2D eigenvalue weighted by Crippen LogP contribution is 2.24. The van der Waals surface area contributed by atoms with Crippen molar-refractivity contribution in [1.82, 2.24) is 9.36 Å². The molecule has 2 rings (SSSR count). The highest BCUT2D eigenvalue weighted by atomic mass is 32.2. The monoisotopic (exact) mass is 278 g/mol. The summed E-state index contributed by atoms with van der Waals surface area (Å²) in [6.07, 6.45) is 0.872. The van der Waals surface area contributed by atoms with E-state index in [-0.39, 0.29) is 5.84 Å². The van der Waals surface area contributed by atoms with Gasteiger partial charge in [0, 0.05) is 17.7 Å². The minimum absolute atomic E-state index is 0.103. The molecule has 0 amide bonds. The lowest BCUT2D eigenvalue weighted by molar-refractivity contribution is 0.971. The molecule has 0 radical (unpaired) electrons. The zero-order valence-corrected chi connectivity index (χ0v) is 11.6. The van der Waals surface area contributed by atoms with Crippen molar-refractivity contribution in [3.8, 4) is 0 Å². The van der Waals surface area contributed by atoms with Crippen LogP contribution >= 0.6 is 23.3 Å². The van der Waals surface area contributed by atoms with Crippen LogP contribution in [-0.2, 0) is 12.2 Å². The zero-order chi connectivity index (χ0) is 13.0. The lowest BCUT2D eigenvalue weighted by Crippen LogP contribution is -2.10. The van der Waals surface area contributed by atoms with E-state index < -0.39 is 0 Å². The summed E-state index contributed by atoms with van der Waals surface area (Å²) in [6, 6.07) is 7.74. The van der Waals surface area contributed by atoms with Crippen molar-refractivity contribution in [3.05, 3.63) is 41.2 Å². The van der Waals surface area contributed by atoms with Crippen molar-refractivity contribution in [2.45, 2.75) is 23.4 Å². The second-order valence-electron chi connectivity index (χ2n) is 3.73. The van der Waals surface area contributed by atoms with E-state index in [4.69, 9.17) is 11.1 Å². The SMILES string of the molecule is CCc1nsc(SCc2cccc(C(=N)N)c2)n1. The van der Waals surface area contributed by atoms with Gasteiger partial charge >= 0.3 is 0 Å². The molecule has 0 saturated heterocycles. The third-order valence-corrected chi connectivity index (χ3v) is 4.31. The first-order valence-electron chi connectivity index (χ1n) is 5.57. The van der Waals surface area contributed by atoms with E-state index in [0.29, 0.717) is 0 Å². The van der Waals surface area contributed by atoms with E-state index in [0.717, 1.165) is 33.5 Å². The average molecular weight is 278 g/mol. The number of nitrogen functional groups attached to an aromatic ring is 1. The summed E-state index contributed by atoms with van der Waals surface area (Å²) in [5, 5.41) is 7.41. The molecule has 0 fully saturated rings. The van der Waals surface area contributed by atoms with E-state index in [2.05, 4.69) is 9.36 Å². The maximum atomic E-state index is 7.41. The number of nitrogens with zero attached hydrogens (tertiary/aromatic N) is 2. The highest BCUT2D eigenvalue weighted by Gasteiger charge is 2.04. The second kappa shape index (κ2) is 5.97. The molecule has 0 bridgehead atoms. The minimum atomic E-state index is 0.103. The first-order chi connectivity index (χ1) is 8.69. The maximum Gasteiger partial charge on any atom is 0.170 e. The Balaban J connectivity index is 2.01.